The van der Waals surface area contributed by atoms with E-state index in [4.69, 9.17) is 4.98 Å². The first kappa shape index (κ1) is 23.8. The average molecular weight is 495 g/mol. The Bertz CT molecular complexity index is 1240. The van der Waals surface area contributed by atoms with Crippen LogP contribution in [0.4, 0.5) is 18.3 Å². The summed E-state index contributed by atoms with van der Waals surface area (Å²) in [6.45, 7) is 5.19. The number of sulfone groups is 1. The quantitative estimate of drug-likeness (QED) is 0.449. The smallest absolute Gasteiger partial charge is 0.348 e. The highest BCUT2D eigenvalue weighted by molar-refractivity contribution is 7.92. The molecule has 0 aliphatic carbocycles. The van der Waals surface area contributed by atoms with Gasteiger partial charge in [-0.05, 0) is 61.6 Å². The number of nitrogens with zero attached hydrogens (tertiary/aromatic N) is 2. The molecule has 0 bridgehead atoms. The molecule has 0 radical (unpaired) electrons. The van der Waals surface area contributed by atoms with E-state index in [1.165, 1.54) is 34.1 Å². The van der Waals surface area contributed by atoms with Crippen LogP contribution >= 0.6 is 11.3 Å². The molecule has 0 atom stereocenters. The first-order chi connectivity index (χ1) is 15.6. The Labute approximate surface area is 196 Å². The summed E-state index contributed by atoms with van der Waals surface area (Å²) < 4.78 is 65.0. The maximum atomic E-state index is 13.0. The molecule has 4 nitrogen and oxygen atoms in total. The molecule has 2 heterocycles. The number of hydrogen-bond acceptors (Lipinski definition) is 5. The normalized spacial score (nSPS) is 15.7. The van der Waals surface area contributed by atoms with E-state index in [-0.39, 0.29) is 4.90 Å². The van der Waals surface area contributed by atoms with Gasteiger partial charge in [0.05, 0.1) is 21.4 Å². The highest BCUT2D eigenvalue weighted by atomic mass is 32.2. The topological polar surface area (TPSA) is 50.3 Å². The first-order valence-corrected chi connectivity index (χ1v) is 13.1. The lowest BCUT2D eigenvalue weighted by atomic mass is 10.0. The molecule has 176 valence electrons. The number of rotatable bonds is 5. The number of aromatic nitrogens is 1. The lowest BCUT2D eigenvalue weighted by molar-refractivity contribution is -0.137. The Balaban J connectivity index is 1.43. The SMILES string of the molecule is Cc1cccc(Cc2csc(N3CCC(S(=O)(=O)c4cccc(C(F)(F)F)c4)CC3)n2)c1C. The molecule has 0 N–H and O–H groups in total. The number of alkyl halides is 3. The molecule has 1 aliphatic heterocycles. The number of benzene rings is 2. The molecule has 0 saturated carbocycles. The van der Waals surface area contributed by atoms with Crippen LogP contribution in [0, 0.1) is 13.8 Å². The zero-order valence-corrected chi connectivity index (χ0v) is 20.0. The summed E-state index contributed by atoms with van der Waals surface area (Å²) in [5.41, 5.74) is 3.76. The van der Waals surface area contributed by atoms with E-state index in [0.717, 1.165) is 35.4 Å². The van der Waals surface area contributed by atoms with E-state index >= 15 is 0 Å². The van der Waals surface area contributed by atoms with Crippen molar-refractivity contribution >= 4 is 26.3 Å². The maximum Gasteiger partial charge on any atom is 0.416 e. The van der Waals surface area contributed by atoms with Crippen LogP contribution in [0.1, 0.15) is 40.8 Å². The molecule has 3 aromatic rings. The van der Waals surface area contributed by atoms with Gasteiger partial charge in [-0.15, -0.1) is 11.3 Å². The highest BCUT2D eigenvalue weighted by Gasteiger charge is 2.35. The third-order valence-corrected chi connectivity index (χ3v) is 9.48. The van der Waals surface area contributed by atoms with Gasteiger partial charge >= 0.3 is 6.18 Å². The predicted octanol–water partition coefficient (Wildman–Crippen LogP) is 5.81. The minimum absolute atomic E-state index is 0.263. The summed E-state index contributed by atoms with van der Waals surface area (Å²) in [4.78, 5) is 6.56. The molecule has 1 fully saturated rings. The van der Waals surface area contributed by atoms with Crippen LogP contribution in [-0.2, 0) is 22.4 Å². The molecule has 0 amide bonds. The molecule has 4 rings (SSSR count). The number of piperidine rings is 1. The Hall–Kier alpha value is -2.39. The van der Waals surface area contributed by atoms with Crippen molar-refractivity contribution in [2.75, 3.05) is 18.0 Å². The minimum atomic E-state index is -4.57. The molecule has 0 unspecified atom stereocenters. The standard InChI is InChI=1S/C24H25F3N2O2S2/c1-16-5-3-6-18(17(16)2)13-20-15-32-23(28-20)29-11-9-21(10-12-29)33(30,31)22-8-4-7-19(14-22)24(25,26)27/h3-8,14-15,21H,9-13H2,1-2H3. The van der Waals surface area contributed by atoms with E-state index in [9.17, 15) is 21.6 Å². The molecule has 1 aliphatic rings. The van der Waals surface area contributed by atoms with Crippen molar-refractivity contribution in [3.8, 4) is 0 Å². The first-order valence-electron chi connectivity index (χ1n) is 10.7. The number of aryl methyl sites for hydroxylation is 1. The number of anilines is 1. The van der Waals surface area contributed by atoms with Gasteiger partial charge in [0.1, 0.15) is 0 Å². The highest BCUT2D eigenvalue weighted by Crippen LogP contribution is 2.33. The summed E-state index contributed by atoms with van der Waals surface area (Å²) in [5, 5.41) is 2.18. The summed E-state index contributed by atoms with van der Waals surface area (Å²) in [7, 11) is -3.84. The van der Waals surface area contributed by atoms with Crippen molar-refractivity contribution in [3.05, 3.63) is 75.8 Å². The average Bonchev–Trinajstić information content (AvgIpc) is 3.25. The maximum absolute atomic E-state index is 13.0. The van der Waals surface area contributed by atoms with Gasteiger partial charge in [-0.2, -0.15) is 13.2 Å². The van der Waals surface area contributed by atoms with E-state index in [1.54, 1.807) is 0 Å². The van der Waals surface area contributed by atoms with Gasteiger partial charge in [-0.1, -0.05) is 24.3 Å². The Morgan fingerprint density at radius 1 is 1.09 bits per heavy atom. The molecule has 33 heavy (non-hydrogen) atoms. The van der Waals surface area contributed by atoms with E-state index in [1.807, 2.05) is 11.4 Å². The lowest BCUT2D eigenvalue weighted by Crippen LogP contribution is -2.39. The second kappa shape index (κ2) is 9.10. The second-order valence-electron chi connectivity index (χ2n) is 8.41. The minimum Gasteiger partial charge on any atom is -0.348 e. The van der Waals surface area contributed by atoms with Gasteiger partial charge in [-0.3, -0.25) is 0 Å². The Morgan fingerprint density at radius 3 is 2.48 bits per heavy atom. The second-order valence-corrected chi connectivity index (χ2v) is 11.5. The van der Waals surface area contributed by atoms with Crippen molar-refractivity contribution < 1.29 is 21.6 Å². The van der Waals surface area contributed by atoms with Crippen molar-refractivity contribution in [1.29, 1.82) is 0 Å². The fourth-order valence-electron chi connectivity index (χ4n) is 4.12. The van der Waals surface area contributed by atoms with Crippen LogP contribution in [0.25, 0.3) is 0 Å². The number of halogens is 3. The van der Waals surface area contributed by atoms with Gasteiger partial charge in [0.15, 0.2) is 15.0 Å². The van der Waals surface area contributed by atoms with Gasteiger partial charge in [0, 0.05) is 24.9 Å². The zero-order valence-electron chi connectivity index (χ0n) is 18.4. The summed E-state index contributed by atoms with van der Waals surface area (Å²) in [5.74, 6) is 0. The molecule has 0 spiro atoms. The van der Waals surface area contributed by atoms with Crippen LogP contribution in [0.5, 0.6) is 0 Å². The molecule has 2 aromatic carbocycles. The van der Waals surface area contributed by atoms with Crippen molar-refractivity contribution in [1.82, 2.24) is 4.98 Å². The van der Waals surface area contributed by atoms with Gasteiger partial charge in [-0.25, -0.2) is 13.4 Å². The summed E-state index contributed by atoms with van der Waals surface area (Å²) in [6, 6.07) is 10.3. The Kier molecular flexibility index (Phi) is 6.55. The number of hydrogen-bond donors (Lipinski definition) is 0. The third kappa shape index (κ3) is 5.09. The zero-order chi connectivity index (χ0) is 23.8. The van der Waals surface area contributed by atoms with E-state index in [2.05, 4.69) is 30.9 Å². The molecular weight excluding hydrogens is 469 g/mol. The van der Waals surface area contributed by atoms with Crippen molar-refractivity contribution in [3.63, 3.8) is 0 Å². The van der Waals surface area contributed by atoms with E-state index in [0.29, 0.717) is 25.9 Å². The fraction of sp³-hybridized carbons (Fsp3) is 0.375. The summed E-state index contributed by atoms with van der Waals surface area (Å²) >= 11 is 1.54. The third-order valence-electron chi connectivity index (χ3n) is 6.27. The fourth-order valence-corrected chi connectivity index (χ4v) is 6.78. The monoisotopic (exact) mass is 494 g/mol. The van der Waals surface area contributed by atoms with Gasteiger partial charge in [0.2, 0.25) is 0 Å². The van der Waals surface area contributed by atoms with Crippen LogP contribution in [0.3, 0.4) is 0 Å². The predicted molar refractivity (Wildman–Crippen MR) is 125 cm³/mol. The Morgan fingerprint density at radius 2 is 1.79 bits per heavy atom. The van der Waals surface area contributed by atoms with Crippen LogP contribution in [0.15, 0.2) is 52.7 Å². The molecular formula is C24H25F3N2O2S2. The molecule has 1 saturated heterocycles. The summed E-state index contributed by atoms with van der Waals surface area (Å²) in [6.07, 6.45) is -3.13. The van der Waals surface area contributed by atoms with E-state index < -0.39 is 26.8 Å². The van der Waals surface area contributed by atoms with Crippen LogP contribution in [-0.4, -0.2) is 31.7 Å². The number of thiazole rings is 1. The van der Waals surface area contributed by atoms with Crippen LogP contribution < -0.4 is 4.90 Å². The largest absolute Gasteiger partial charge is 0.416 e. The van der Waals surface area contributed by atoms with Gasteiger partial charge < -0.3 is 4.90 Å². The van der Waals surface area contributed by atoms with Crippen LogP contribution in [0.2, 0.25) is 0 Å². The molecule has 1 aromatic heterocycles. The van der Waals surface area contributed by atoms with Crippen molar-refractivity contribution in [2.24, 2.45) is 0 Å². The molecule has 9 heteroatoms. The lowest BCUT2D eigenvalue weighted by Gasteiger charge is -2.31. The van der Waals surface area contributed by atoms with Gasteiger partial charge in [0.25, 0.3) is 0 Å². The van der Waals surface area contributed by atoms with Crippen molar-refractivity contribution in [2.45, 2.75) is 49.4 Å².